The van der Waals surface area contributed by atoms with E-state index < -0.39 is 0 Å². The Bertz CT molecular complexity index is 1690. The topological polar surface area (TPSA) is 92.2 Å². The number of hydrogen-bond acceptors (Lipinski definition) is 5. The average molecular weight is 515 g/mol. The zero-order valence-electron chi connectivity index (χ0n) is 21.3. The van der Waals surface area contributed by atoms with Crippen LogP contribution >= 0.6 is 0 Å². The Kier molecular flexibility index (Phi) is 6.53. The van der Waals surface area contributed by atoms with E-state index in [0.717, 1.165) is 39.2 Å². The van der Waals surface area contributed by atoms with Crippen LogP contribution in [0.4, 0.5) is 11.4 Å². The van der Waals surface area contributed by atoms with Gasteiger partial charge in [-0.1, -0.05) is 24.3 Å². The summed E-state index contributed by atoms with van der Waals surface area (Å²) in [4.78, 5) is 20.9. The number of benzene rings is 4. The molecule has 0 aliphatic heterocycles. The molecule has 0 radical (unpaired) electrons. The van der Waals surface area contributed by atoms with Gasteiger partial charge in [0, 0.05) is 29.0 Å². The van der Waals surface area contributed by atoms with E-state index in [9.17, 15) is 4.79 Å². The van der Waals surface area contributed by atoms with Crippen molar-refractivity contribution in [1.29, 1.82) is 0 Å². The molecule has 3 N–H and O–H groups in total. The number of hydrogen-bond donors (Lipinski definition) is 3. The molecule has 0 unspecified atom stereocenters. The summed E-state index contributed by atoms with van der Waals surface area (Å²) >= 11 is 0. The van der Waals surface area contributed by atoms with E-state index in [2.05, 4.69) is 32.7 Å². The number of aromatic nitrogens is 2. The number of fused-ring (bicyclic) bond motifs is 1. The van der Waals surface area contributed by atoms with Crippen LogP contribution in [0.3, 0.4) is 0 Å². The quantitative estimate of drug-likeness (QED) is 0.197. The third-order valence-electron chi connectivity index (χ3n) is 6.50. The molecule has 4 aromatic carbocycles. The standard InChI is InChI=1S/C32H26N4O3/c1-38-29-17-12-23(19-26(29)30-7-4-18-39-30)32(37)34-25-13-8-21(9-14-25)20-33-24-15-10-22(11-16-24)31-35-27-5-2-3-6-28(27)36-31/h2-19,33H,20H2,1H3,(H,34,37)(H,35,36). The van der Waals surface area contributed by atoms with Crippen LogP contribution < -0.4 is 15.4 Å². The molecule has 0 atom stereocenters. The third kappa shape index (κ3) is 5.24. The van der Waals surface area contributed by atoms with Crippen LogP contribution in [0, 0.1) is 0 Å². The normalized spacial score (nSPS) is 10.9. The van der Waals surface area contributed by atoms with E-state index in [4.69, 9.17) is 9.15 Å². The lowest BCUT2D eigenvalue weighted by atomic mass is 10.1. The second kappa shape index (κ2) is 10.6. The van der Waals surface area contributed by atoms with Crippen LogP contribution in [0.15, 0.2) is 114 Å². The summed E-state index contributed by atoms with van der Waals surface area (Å²) in [7, 11) is 1.59. The van der Waals surface area contributed by atoms with Crippen molar-refractivity contribution in [1.82, 2.24) is 9.97 Å². The molecule has 6 aromatic rings. The highest BCUT2D eigenvalue weighted by atomic mass is 16.5. The van der Waals surface area contributed by atoms with Gasteiger partial charge in [0.05, 0.1) is 30.0 Å². The minimum absolute atomic E-state index is 0.208. The number of para-hydroxylation sites is 2. The van der Waals surface area contributed by atoms with Crippen molar-refractivity contribution in [3.05, 3.63) is 121 Å². The van der Waals surface area contributed by atoms with Gasteiger partial charge in [0.15, 0.2) is 0 Å². The monoisotopic (exact) mass is 514 g/mol. The Morgan fingerprint density at radius 2 is 1.69 bits per heavy atom. The Labute approximate surface area is 225 Å². The van der Waals surface area contributed by atoms with E-state index in [1.807, 2.05) is 66.7 Å². The van der Waals surface area contributed by atoms with E-state index in [1.165, 1.54) is 0 Å². The highest BCUT2D eigenvalue weighted by Gasteiger charge is 2.14. The predicted molar refractivity (Wildman–Crippen MR) is 154 cm³/mol. The molecule has 7 nitrogen and oxygen atoms in total. The van der Waals surface area contributed by atoms with Gasteiger partial charge in [0.2, 0.25) is 0 Å². The summed E-state index contributed by atoms with van der Waals surface area (Å²) in [5, 5.41) is 6.40. The second-order valence-electron chi connectivity index (χ2n) is 9.08. The van der Waals surface area contributed by atoms with Crippen molar-refractivity contribution in [2.24, 2.45) is 0 Å². The van der Waals surface area contributed by atoms with Gasteiger partial charge in [0.25, 0.3) is 5.91 Å². The Morgan fingerprint density at radius 3 is 2.44 bits per heavy atom. The number of carbonyl (C=O) groups excluding carboxylic acids is 1. The molecule has 39 heavy (non-hydrogen) atoms. The van der Waals surface area contributed by atoms with Crippen LogP contribution in [0.25, 0.3) is 33.7 Å². The molecule has 0 fully saturated rings. The van der Waals surface area contributed by atoms with Gasteiger partial charge in [-0.25, -0.2) is 4.98 Å². The first-order valence-corrected chi connectivity index (χ1v) is 12.6. The summed E-state index contributed by atoms with van der Waals surface area (Å²) in [6.45, 7) is 0.656. The Hall–Kier alpha value is -5.30. The summed E-state index contributed by atoms with van der Waals surface area (Å²) in [6.07, 6.45) is 1.59. The molecule has 0 aliphatic carbocycles. The zero-order valence-corrected chi connectivity index (χ0v) is 21.3. The summed E-state index contributed by atoms with van der Waals surface area (Å²) < 4.78 is 10.9. The molecule has 0 bridgehead atoms. The fraction of sp³-hybridized carbons (Fsp3) is 0.0625. The van der Waals surface area contributed by atoms with Gasteiger partial charge in [-0.3, -0.25) is 4.79 Å². The van der Waals surface area contributed by atoms with Gasteiger partial charge in [-0.05, 0) is 84.4 Å². The van der Waals surface area contributed by atoms with E-state index in [0.29, 0.717) is 29.3 Å². The lowest BCUT2D eigenvalue weighted by Gasteiger charge is -2.11. The number of nitrogens with zero attached hydrogens (tertiary/aromatic N) is 1. The number of aromatic amines is 1. The van der Waals surface area contributed by atoms with Crippen molar-refractivity contribution in [3.63, 3.8) is 0 Å². The van der Waals surface area contributed by atoms with Gasteiger partial charge < -0.3 is 24.8 Å². The lowest BCUT2D eigenvalue weighted by molar-refractivity contribution is 0.102. The first-order valence-electron chi connectivity index (χ1n) is 12.6. The number of anilines is 2. The smallest absolute Gasteiger partial charge is 0.255 e. The molecule has 0 saturated heterocycles. The van der Waals surface area contributed by atoms with Gasteiger partial charge in [0.1, 0.15) is 17.3 Å². The molecule has 2 aromatic heterocycles. The Morgan fingerprint density at radius 1 is 0.897 bits per heavy atom. The predicted octanol–water partition coefficient (Wildman–Crippen LogP) is 7.36. The molecule has 6 rings (SSSR count). The number of imidazole rings is 1. The van der Waals surface area contributed by atoms with Gasteiger partial charge in [-0.2, -0.15) is 0 Å². The van der Waals surface area contributed by atoms with Crippen molar-refractivity contribution >= 4 is 28.3 Å². The highest BCUT2D eigenvalue weighted by molar-refractivity contribution is 6.05. The maximum Gasteiger partial charge on any atom is 0.255 e. The van der Waals surface area contributed by atoms with E-state index >= 15 is 0 Å². The second-order valence-corrected chi connectivity index (χ2v) is 9.08. The molecular formula is C32H26N4O3. The first-order chi connectivity index (χ1) is 19.2. The first kappa shape index (κ1) is 24.1. The van der Waals surface area contributed by atoms with E-state index in [1.54, 1.807) is 37.6 Å². The van der Waals surface area contributed by atoms with Gasteiger partial charge in [-0.15, -0.1) is 0 Å². The number of amides is 1. The zero-order chi connectivity index (χ0) is 26.6. The van der Waals surface area contributed by atoms with Crippen LogP contribution in [0.5, 0.6) is 5.75 Å². The number of furan rings is 1. The highest BCUT2D eigenvalue weighted by Crippen LogP contribution is 2.31. The lowest BCUT2D eigenvalue weighted by Crippen LogP contribution is -2.12. The third-order valence-corrected chi connectivity index (χ3v) is 6.50. The molecular weight excluding hydrogens is 488 g/mol. The Balaban J connectivity index is 1.07. The molecule has 192 valence electrons. The summed E-state index contributed by atoms with van der Waals surface area (Å²) in [6, 6.07) is 32.9. The van der Waals surface area contributed by atoms with Crippen molar-refractivity contribution < 1.29 is 13.9 Å². The fourth-order valence-electron chi connectivity index (χ4n) is 4.42. The number of nitrogens with one attached hydrogen (secondary N) is 3. The maximum absolute atomic E-state index is 12.9. The van der Waals surface area contributed by atoms with Crippen molar-refractivity contribution in [2.75, 3.05) is 17.7 Å². The molecule has 0 saturated carbocycles. The number of rotatable bonds is 8. The number of carbonyl (C=O) groups is 1. The minimum atomic E-state index is -0.208. The molecule has 7 heteroatoms. The molecule has 0 spiro atoms. The number of ether oxygens (including phenoxy) is 1. The van der Waals surface area contributed by atoms with Crippen LogP contribution in [0.1, 0.15) is 15.9 Å². The largest absolute Gasteiger partial charge is 0.496 e. The van der Waals surface area contributed by atoms with Gasteiger partial charge >= 0.3 is 0 Å². The maximum atomic E-state index is 12.9. The molecule has 2 heterocycles. The minimum Gasteiger partial charge on any atom is -0.496 e. The molecule has 0 aliphatic rings. The average Bonchev–Trinajstić information content (AvgIpc) is 3.67. The van der Waals surface area contributed by atoms with Crippen LogP contribution in [-0.2, 0) is 6.54 Å². The SMILES string of the molecule is COc1ccc(C(=O)Nc2ccc(CNc3ccc(-c4nc5ccccc5[nH]4)cc3)cc2)cc1-c1ccco1. The number of methoxy groups -OCH3 is 1. The molecule has 1 amide bonds. The summed E-state index contributed by atoms with van der Waals surface area (Å²) in [5.74, 6) is 1.93. The number of H-pyrrole nitrogens is 1. The van der Waals surface area contributed by atoms with Crippen LogP contribution in [-0.4, -0.2) is 23.0 Å². The summed E-state index contributed by atoms with van der Waals surface area (Å²) in [5.41, 5.74) is 7.08. The van der Waals surface area contributed by atoms with Crippen molar-refractivity contribution in [3.8, 4) is 28.5 Å². The fourth-order valence-corrected chi connectivity index (χ4v) is 4.42. The van der Waals surface area contributed by atoms with Crippen LogP contribution in [0.2, 0.25) is 0 Å². The van der Waals surface area contributed by atoms with E-state index in [-0.39, 0.29) is 5.91 Å². The van der Waals surface area contributed by atoms with Crippen molar-refractivity contribution in [2.45, 2.75) is 6.54 Å².